The molecule has 0 bridgehead atoms. The number of alkyl halides is 3. The van der Waals surface area contributed by atoms with Gasteiger partial charge in [-0.25, -0.2) is 4.39 Å². The Morgan fingerprint density at radius 2 is 1.92 bits per heavy atom. The molecular formula is C17H23F4NO2. The number of methoxy groups -OCH3 is 1. The van der Waals surface area contributed by atoms with Gasteiger partial charge in [-0.3, -0.25) is 0 Å². The Labute approximate surface area is 139 Å². The van der Waals surface area contributed by atoms with Gasteiger partial charge in [0.25, 0.3) is 0 Å². The molecule has 7 heteroatoms. The smallest absolute Gasteiger partial charge is 0.388 e. The molecule has 1 aliphatic carbocycles. The van der Waals surface area contributed by atoms with Crippen molar-refractivity contribution < 1.29 is 27.1 Å². The first-order chi connectivity index (χ1) is 11.3. The van der Waals surface area contributed by atoms with Crippen molar-refractivity contribution in [3.63, 3.8) is 0 Å². The van der Waals surface area contributed by atoms with Crippen molar-refractivity contribution >= 4 is 6.29 Å². The third-order valence-corrected chi connectivity index (χ3v) is 4.16. The van der Waals surface area contributed by atoms with Crippen LogP contribution in [0.2, 0.25) is 0 Å². The summed E-state index contributed by atoms with van der Waals surface area (Å²) in [4.78, 5) is 10.8. The van der Waals surface area contributed by atoms with Crippen LogP contribution < -0.4 is 5.73 Å². The lowest BCUT2D eigenvalue weighted by molar-refractivity contribution is -0.140. The Balaban J connectivity index is 0.000000891. The molecule has 0 saturated heterocycles. The highest BCUT2D eigenvalue weighted by Gasteiger charge is 2.37. The molecule has 1 aromatic rings. The molecule has 3 unspecified atom stereocenters. The van der Waals surface area contributed by atoms with Crippen LogP contribution in [0, 0.1) is 11.7 Å². The quantitative estimate of drug-likeness (QED) is 0.665. The van der Waals surface area contributed by atoms with Crippen molar-refractivity contribution in [3.05, 3.63) is 35.1 Å². The van der Waals surface area contributed by atoms with Crippen molar-refractivity contribution in [2.24, 2.45) is 11.7 Å². The molecule has 136 valence electrons. The molecule has 0 heterocycles. The topological polar surface area (TPSA) is 52.3 Å². The van der Waals surface area contributed by atoms with Gasteiger partial charge in [-0.05, 0) is 36.5 Å². The second kappa shape index (κ2) is 9.13. The summed E-state index contributed by atoms with van der Waals surface area (Å²) in [6.45, 7) is 0. The second-order valence-electron chi connectivity index (χ2n) is 5.93. The predicted molar refractivity (Wildman–Crippen MR) is 83.1 cm³/mol. The van der Waals surface area contributed by atoms with Crippen LogP contribution in [0.4, 0.5) is 17.6 Å². The highest BCUT2D eigenvalue weighted by Crippen LogP contribution is 2.41. The van der Waals surface area contributed by atoms with E-state index in [4.69, 9.17) is 5.73 Å². The van der Waals surface area contributed by atoms with E-state index in [1.807, 2.05) is 0 Å². The number of hydrogen-bond donors (Lipinski definition) is 1. The Morgan fingerprint density at radius 1 is 1.29 bits per heavy atom. The molecule has 3 atom stereocenters. The van der Waals surface area contributed by atoms with E-state index in [2.05, 4.69) is 4.74 Å². The van der Waals surface area contributed by atoms with Crippen molar-refractivity contribution in [2.75, 3.05) is 14.2 Å². The molecule has 0 radical (unpaired) electrons. The van der Waals surface area contributed by atoms with Crippen LogP contribution in [0.3, 0.4) is 0 Å². The number of carbonyl (C=O) groups is 1. The number of nitrogens with two attached hydrogens (primary N) is 1. The van der Waals surface area contributed by atoms with E-state index >= 15 is 0 Å². The fourth-order valence-corrected chi connectivity index (χ4v) is 3.20. The van der Waals surface area contributed by atoms with Crippen LogP contribution in [0.5, 0.6) is 0 Å². The van der Waals surface area contributed by atoms with Crippen LogP contribution in [0.15, 0.2) is 18.2 Å². The van der Waals surface area contributed by atoms with Gasteiger partial charge in [0.2, 0.25) is 0 Å². The minimum absolute atomic E-state index is 0.0854. The van der Waals surface area contributed by atoms with Gasteiger partial charge in [0.15, 0.2) is 0 Å². The SMILES string of the molecule is COC.NC1CCCC(CC=O)C1c1ccc(F)c(C(F)(F)F)c1. The Kier molecular flexibility index (Phi) is 7.83. The summed E-state index contributed by atoms with van der Waals surface area (Å²) in [6.07, 6.45) is -1.42. The Morgan fingerprint density at radius 3 is 2.46 bits per heavy atom. The van der Waals surface area contributed by atoms with Crippen LogP contribution in [0.1, 0.15) is 42.7 Å². The zero-order chi connectivity index (χ0) is 18.3. The molecule has 1 aliphatic rings. The molecule has 2 N–H and O–H groups in total. The molecule has 1 fully saturated rings. The zero-order valence-corrected chi connectivity index (χ0v) is 13.8. The highest BCUT2D eigenvalue weighted by molar-refractivity contribution is 5.50. The highest BCUT2D eigenvalue weighted by atomic mass is 19.4. The van der Waals surface area contributed by atoms with E-state index in [1.54, 1.807) is 14.2 Å². The summed E-state index contributed by atoms with van der Waals surface area (Å²) in [5, 5.41) is 0. The second-order valence-corrected chi connectivity index (χ2v) is 5.93. The van der Waals surface area contributed by atoms with Gasteiger partial charge in [-0.2, -0.15) is 13.2 Å². The van der Waals surface area contributed by atoms with E-state index in [9.17, 15) is 22.4 Å². The number of halogens is 4. The van der Waals surface area contributed by atoms with Gasteiger partial charge in [-0.15, -0.1) is 0 Å². The van der Waals surface area contributed by atoms with Crippen LogP contribution in [-0.4, -0.2) is 26.5 Å². The summed E-state index contributed by atoms with van der Waals surface area (Å²) in [5.41, 5.74) is 5.13. The molecule has 0 spiro atoms. The lowest BCUT2D eigenvalue weighted by atomic mass is 9.71. The van der Waals surface area contributed by atoms with Gasteiger partial charge < -0.3 is 15.3 Å². The largest absolute Gasteiger partial charge is 0.419 e. The van der Waals surface area contributed by atoms with Gasteiger partial charge in [0, 0.05) is 32.6 Å². The van der Waals surface area contributed by atoms with E-state index in [-0.39, 0.29) is 24.3 Å². The van der Waals surface area contributed by atoms with E-state index in [0.717, 1.165) is 31.3 Å². The predicted octanol–water partition coefficient (Wildman–Crippen LogP) is 3.91. The van der Waals surface area contributed by atoms with E-state index in [0.29, 0.717) is 12.0 Å². The zero-order valence-electron chi connectivity index (χ0n) is 13.8. The van der Waals surface area contributed by atoms with E-state index in [1.165, 1.54) is 6.07 Å². The lowest BCUT2D eigenvalue weighted by Gasteiger charge is -2.36. The molecule has 0 amide bonds. The van der Waals surface area contributed by atoms with Crippen LogP contribution >= 0.6 is 0 Å². The van der Waals surface area contributed by atoms with Gasteiger partial charge in [0.05, 0.1) is 5.56 Å². The molecule has 2 rings (SSSR count). The number of rotatable bonds is 3. The Hall–Kier alpha value is -1.47. The molecular weight excluding hydrogens is 326 g/mol. The maximum atomic E-state index is 13.4. The maximum absolute atomic E-state index is 13.4. The third kappa shape index (κ3) is 5.27. The standard InChI is InChI=1S/C15H17F4NO.C2H6O/c16-12-5-4-10(8-11(12)15(17,18)19)14-9(6-7-21)2-1-3-13(14)20;1-3-2/h4-5,7-9,13-14H,1-3,6,20H2;1-2H3. The third-order valence-electron chi connectivity index (χ3n) is 4.16. The molecule has 0 aliphatic heterocycles. The summed E-state index contributed by atoms with van der Waals surface area (Å²) < 4.78 is 56.1. The number of hydrogen-bond acceptors (Lipinski definition) is 3. The fourth-order valence-electron chi connectivity index (χ4n) is 3.20. The number of benzene rings is 1. The maximum Gasteiger partial charge on any atom is 0.419 e. The lowest BCUT2D eigenvalue weighted by Crippen LogP contribution is -2.37. The van der Waals surface area contributed by atoms with Crippen LogP contribution in [0.25, 0.3) is 0 Å². The van der Waals surface area contributed by atoms with Gasteiger partial charge in [-0.1, -0.05) is 12.5 Å². The minimum Gasteiger partial charge on any atom is -0.388 e. The molecule has 1 saturated carbocycles. The number of aldehydes is 1. The molecule has 1 aromatic carbocycles. The van der Waals surface area contributed by atoms with Crippen molar-refractivity contribution in [2.45, 2.75) is 43.8 Å². The summed E-state index contributed by atoms with van der Waals surface area (Å²) in [7, 11) is 3.25. The normalized spacial score (nSPS) is 24.0. The minimum atomic E-state index is -4.74. The first kappa shape index (κ1) is 20.6. The number of carbonyl (C=O) groups excluding carboxylic acids is 1. The Bertz CT molecular complexity index is 534. The van der Waals surface area contributed by atoms with Crippen LogP contribution in [-0.2, 0) is 15.7 Å². The van der Waals surface area contributed by atoms with Crippen molar-refractivity contribution in [1.29, 1.82) is 0 Å². The fraction of sp³-hybridized carbons (Fsp3) is 0.588. The number of ether oxygens (including phenoxy) is 1. The summed E-state index contributed by atoms with van der Waals surface area (Å²) in [6, 6.07) is 2.70. The molecule has 0 aromatic heterocycles. The van der Waals surface area contributed by atoms with Crippen molar-refractivity contribution in [3.8, 4) is 0 Å². The summed E-state index contributed by atoms with van der Waals surface area (Å²) in [5.74, 6) is -1.72. The van der Waals surface area contributed by atoms with E-state index < -0.39 is 17.6 Å². The first-order valence-electron chi connectivity index (χ1n) is 7.72. The molecule has 24 heavy (non-hydrogen) atoms. The van der Waals surface area contributed by atoms with Gasteiger partial charge >= 0.3 is 6.18 Å². The summed E-state index contributed by atoms with van der Waals surface area (Å²) >= 11 is 0. The average Bonchev–Trinajstić information content (AvgIpc) is 2.48. The average molecular weight is 349 g/mol. The molecule has 3 nitrogen and oxygen atoms in total. The van der Waals surface area contributed by atoms with Crippen molar-refractivity contribution in [1.82, 2.24) is 0 Å². The van der Waals surface area contributed by atoms with Gasteiger partial charge in [0.1, 0.15) is 12.1 Å². The monoisotopic (exact) mass is 349 g/mol. The first-order valence-corrected chi connectivity index (χ1v) is 7.72.